The topological polar surface area (TPSA) is 70.5 Å². The van der Waals surface area contributed by atoms with Gasteiger partial charge in [-0.1, -0.05) is 127 Å². The molecule has 4 nitrogen and oxygen atoms in total. The van der Waals surface area contributed by atoms with Crippen molar-refractivity contribution in [3.8, 4) is 23.0 Å². The number of benzene rings is 4. The second-order valence-corrected chi connectivity index (χ2v) is 12.5. The lowest BCUT2D eigenvalue weighted by molar-refractivity contribution is 0.359. The van der Waals surface area contributed by atoms with Crippen LogP contribution in [-0.2, 0) is 5.41 Å². The third kappa shape index (κ3) is 10.0. The first-order chi connectivity index (χ1) is 22.1. The van der Waals surface area contributed by atoms with Crippen LogP contribution in [0.5, 0.6) is 23.0 Å². The number of ether oxygens (including phenoxy) is 2. The zero-order chi connectivity index (χ0) is 31.7. The van der Waals surface area contributed by atoms with Crippen LogP contribution in [0.1, 0.15) is 115 Å². The summed E-state index contributed by atoms with van der Waals surface area (Å²) in [7, 11) is 0. The molecule has 4 heteroatoms. The van der Waals surface area contributed by atoms with Gasteiger partial charge in [0.05, 0.1) is 0 Å². The monoisotopic (exact) mass is 606 g/mol. The van der Waals surface area contributed by atoms with Gasteiger partial charge >= 0.3 is 0 Å². The normalized spacial score (nSPS) is 11.4. The van der Waals surface area contributed by atoms with Gasteiger partial charge in [-0.25, -0.2) is 0 Å². The summed E-state index contributed by atoms with van der Waals surface area (Å²) >= 11 is 0. The number of unbranched alkanes of at least 4 members (excludes halogenated alkanes) is 10. The molecule has 0 unspecified atom stereocenters. The van der Waals surface area contributed by atoms with E-state index in [4.69, 9.17) is 20.9 Å². The highest BCUT2D eigenvalue weighted by molar-refractivity contribution is 5.54. The predicted molar refractivity (Wildman–Crippen MR) is 192 cm³/mol. The van der Waals surface area contributed by atoms with Gasteiger partial charge in [-0.05, 0) is 73.5 Å². The maximum atomic E-state index is 6.67. The number of anilines is 2. The zero-order valence-electron chi connectivity index (χ0n) is 27.6. The molecule has 0 bridgehead atoms. The Morgan fingerprint density at radius 1 is 0.444 bits per heavy atom. The van der Waals surface area contributed by atoms with Gasteiger partial charge in [0.15, 0.2) is 0 Å². The maximum Gasteiger partial charge on any atom is 0.131 e. The lowest BCUT2D eigenvalue weighted by Gasteiger charge is -2.38. The van der Waals surface area contributed by atoms with E-state index < -0.39 is 0 Å². The van der Waals surface area contributed by atoms with E-state index in [-0.39, 0.29) is 5.41 Å². The molecule has 0 saturated heterocycles. The molecule has 0 aliphatic rings. The minimum Gasteiger partial charge on any atom is -0.457 e. The Morgan fingerprint density at radius 3 is 1.20 bits per heavy atom. The van der Waals surface area contributed by atoms with E-state index in [0.29, 0.717) is 0 Å². The summed E-state index contributed by atoms with van der Waals surface area (Å²) in [5.41, 5.74) is 15.6. The molecular formula is C41H54N2O2. The number of para-hydroxylation sites is 2. The minimum absolute atomic E-state index is 0.287. The number of nitrogens with two attached hydrogens (primary N) is 2. The second-order valence-electron chi connectivity index (χ2n) is 12.5. The van der Waals surface area contributed by atoms with E-state index in [2.05, 4.69) is 62.4 Å². The Bertz CT molecular complexity index is 1290. The molecular weight excluding hydrogens is 552 g/mol. The number of hydrogen-bond acceptors (Lipinski definition) is 4. The van der Waals surface area contributed by atoms with Crippen molar-refractivity contribution in [3.05, 3.63) is 108 Å². The second kappa shape index (κ2) is 18.1. The number of hydrogen-bond donors (Lipinski definition) is 2. The van der Waals surface area contributed by atoms with E-state index >= 15 is 0 Å². The molecule has 0 amide bonds. The van der Waals surface area contributed by atoms with Crippen molar-refractivity contribution in [2.75, 3.05) is 11.5 Å². The molecule has 45 heavy (non-hydrogen) atoms. The standard InChI is InChI=1S/C41H54N2O2/c1-3-5-7-9-11-17-31-41(32-18-12-10-8-6-4-2,37-19-13-15-21-39(37)44-35-27-23-33(42)24-28-35)38-20-14-16-22-40(38)45-36-29-25-34(43)26-30-36/h13-16,19-30H,3-12,17-18,31-32,42-43H2,1-2H3. The van der Waals surface area contributed by atoms with Gasteiger partial charge in [-0.3, -0.25) is 0 Å². The number of rotatable bonds is 20. The average Bonchev–Trinajstić information content (AvgIpc) is 3.06. The summed E-state index contributed by atoms with van der Waals surface area (Å²) in [6.07, 6.45) is 17.1. The van der Waals surface area contributed by atoms with Crippen LogP contribution in [0.25, 0.3) is 0 Å². The third-order valence-electron chi connectivity index (χ3n) is 8.94. The molecule has 0 aliphatic carbocycles. The summed E-state index contributed by atoms with van der Waals surface area (Å²) in [5.74, 6) is 3.36. The van der Waals surface area contributed by atoms with Gasteiger partial charge in [-0.15, -0.1) is 0 Å². The van der Waals surface area contributed by atoms with Gasteiger partial charge in [-0.2, -0.15) is 0 Å². The largest absolute Gasteiger partial charge is 0.457 e. The molecule has 4 rings (SSSR count). The minimum atomic E-state index is -0.287. The molecule has 4 aromatic rings. The molecule has 0 aromatic heterocycles. The molecule has 0 spiro atoms. The molecule has 240 valence electrons. The van der Waals surface area contributed by atoms with Crippen molar-refractivity contribution in [2.24, 2.45) is 0 Å². The summed E-state index contributed by atoms with van der Waals surface area (Å²) in [6.45, 7) is 4.56. The molecule has 0 fully saturated rings. The SMILES string of the molecule is CCCCCCCCC(CCCCCCCC)(c1ccccc1Oc1ccc(N)cc1)c1ccccc1Oc1ccc(N)cc1. The Labute approximate surface area is 272 Å². The fourth-order valence-electron chi connectivity index (χ4n) is 6.45. The van der Waals surface area contributed by atoms with E-state index in [0.717, 1.165) is 60.1 Å². The van der Waals surface area contributed by atoms with Crippen LogP contribution < -0.4 is 20.9 Å². The van der Waals surface area contributed by atoms with E-state index in [9.17, 15) is 0 Å². The lowest BCUT2D eigenvalue weighted by atomic mass is 9.67. The van der Waals surface area contributed by atoms with Crippen LogP contribution in [0.4, 0.5) is 11.4 Å². The fourth-order valence-corrected chi connectivity index (χ4v) is 6.45. The average molecular weight is 607 g/mol. The molecule has 0 heterocycles. The smallest absolute Gasteiger partial charge is 0.131 e. The molecule has 4 aromatic carbocycles. The van der Waals surface area contributed by atoms with Crippen LogP contribution >= 0.6 is 0 Å². The highest BCUT2D eigenvalue weighted by atomic mass is 16.5. The summed E-state index contributed by atoms with van der Waals surface area (Å²) in [4.78, 5) is 0. The van der Waals surface area contributed by atoms with Crippen molar-refractivity contribution in [1.82, 2.24) is 0 Å². The van der Waals surface area contributed by atoms with Crippen molar-refractivity contribution in [1.29, 1.82) is 0 Å². The summed E-state index contributed by atoms with van der Waals surface area (Å²) in [6, 6.07) is 32.7. The molecule has 4 N–H and O–H groups in total. The van der Waals surface area contributed by atoms with Crippen molar-refractivity contribution in [2.45, 2.75) is 109 Å². The predicted octanol–water partition coefficient (Wildman–Crippen LogP) is 12.2. The van der Waals surface area contributed by atoms with E-state index in [1.165, 1.54) is 75.3 Å². The Hall–Kier alpha value is -3.92. The highest BCUT2D eigenvalue weighted by Gasteiger charge is 2.38. The molecule has 0 saturated carbocycles. The fraction of sp³-hybridized carbons (Fsp3) is 0.415. The van der Waals surface area contributed by atoms with Crippen LogP contribution in [0.2, 0.25) is 0 Å². The van der Waals surface area contributed by atoms with Crippen molar-refractivity contribution >= 4 is 11.4 Å². The first-order valence-corrected chi connectivity index (χ1v) is 17.3. The third-order valence-corrected chi connectivity index (χ3v) is 8.94. The summed E-state index contributed by atoms with van der Waals surface area (Å²) < 4.78 is 13.3. The van der Waals surface area contributed by atoms with Gasteiger partial charge in [0.2, 0.25) is 0 Å². The van der Waals surface area contributed by atoms with Crippen LogP contribution in [0.15, 0.2) is 97.1 Å². The quantitative estimate of drug-likeness (QED) is 0.0775. The van der Waals surface area contributed by atoms with Gasteiger partial charge in [0.25, 0.3) is 0 Å². The van der Waals surface area contributed by atoms with Gasteiger partial charge in [0, 0.05) is 27.9 Å². The Balaban J connectivity index is 1.79. The summed E-state index contributed by atoms with van der Waals surface area (Å²) in [5, 5.41) is 0. The first kappa shape index (κ1) is 34.0. The van der Waals surface area contributed by atoms with Gasteiger partial charge in [0.1, 0.15) is 23.0 Å². The molecule has 0 aliphatic heterocycles. The van der Waals surface area contributed by atoms with Crippen LogP contribution in [-0.4, -0.2) is 0 Å². The van der Waals surface area contributed by atoms with E-state index in [1.54, 1.807) is 0 Å². The lowest BCUT2D eigenvalue weighted by Crippen LogP contribution is -2.29. The van der Waals surface area contributed by atoms with E-state index in [1.807, 2.05) is 48.5 Å². The van der Waals surface area contributed by atoms with Gasteiger partial charge < -0.3 is 20.9 Å². The first-order valence-electron chi connectivity index (χ1n) is 17.3. The molecule has 0 radical (unpaired) electrons. The van der Waals surface area contributed by atoms with Crippen molar-refractivity contribution < 1.29 is 9.47 Å². The van der Waals surface area contributed by atoms with Crippen LogP contribution in [0, 0.1) is 0 Å². The van der Waals surface area contributed by atoms with Crippen molar-refractivity contribution in [3.63, 3.8) is 0 Å². The Morgan fingerprint density at radius 2 is 0.800 bits per heavy atom. The number of nitrogen functional groups attached to an aromatic ring is 2. The Kier molecular flexibility index (Phi) is 13.7. The highest BCUT2D eigenvalue weighted by Crippen LogP contribution is 2.50. The maximum absolute atomic E-state index is 6.67. The zero-order valence-corrected chi connectivity index (χ0v) is 27.6. The molecule has 0 atom stereocenters. The van der Waals surface area contributed by atoms with Crippen LogP contribution in [0.3, 0.4) is 0 Å².